The molecule has 26 heavy (non-hydrogen) atoms. The summed E-state index contributed by atoms with van der Waals surface area (Å²) in [4.78, 5) is 19.0. The monoisotopic (exact) mass is 347 g/mol. The van der Waals surface area contributed by atoms with Crippen molar-refractivity contribution in [3.63, 3.8) is 0 Å². The summed E-state index contributed by atoms with van der Waals surface area (Å²) in [6, 6.07) is 7.91. The quantitative estimate of drug-likeness (QED) is 0.667. The molecule has 0 fully saturated rings. The number of nitrogens with zero attached hydrogens (tertiary/aromatic N) is 5. The van der Waals surface area contributed by atoms with Crippen LogP contribution in [0.3, 0.4) is 0 Å². The molecule has 2 aromatic heterocycles. The maximum Gasteiger partial charge on any atom is 0.276 e. The average molecular weight is 347 g/mol. The van der Waals surface area contributed by atoms with Crippen LogP contribution >= 0.6 is 0 Å². The Labute approximate surface area is 152 Å². The molecule has 0 radical (unpaired) electrons. The number of carbonyl (C=O) groups is 1. The second-order valence-electron chi connectivity index (χ2n) is 6.85. The van der Waals surface area contributed by atoms with E-state index in [2.05, 4.69) is 29.1 Å². The van der Waals surface area contributed by atoms with Gasteiger partial charge >= 0.3 is 0 Å². The number of hydrogen-bond acceptors (Lipinski definition) is 4. The first-order valence-corrected chi connectivity index (χ1v) is 8.76. The summed E-state index contributed by atoms with van der Waals surface area (Å²) in [5, 5.41) is 10.5. The Kier molecular flexibility index (Phi) is 4.03. The standard InChI is InChI=1S/C20H21N5O/c1-13-8-10-24(12-14(13)2)20(26)19-15(3)25(23-22-19)18-6-4-5-16-11-21-9-7-17(16)18/h4-7,9,11H,8,10,12H2,1-3H3. The van der Waals surface area contributed by atoms with E-state index in [0.29, 0.717) is 12.2 Å². The van der Waals surface area contributed by atoms with Crippen LogP contribution in [0.2, 0.25) is 0 Å². The van der Waals surface area contributed by atoms with Gasteiger partial charge in [0.2, 0.25) is 0 Å². The molecule has 0 atom stereocenters. The molecule has 1 amide bonds. The molecule has 0 spiro atoms. The molecule has 132 valence electrons. The Morgan fingerprint density at radius 2 is 1.96 bits per heavy atom. The zero-order chi connectivity index (χ0) is 18.3. The molecule has 3 aromatic rings. The maximum atomic E-state index is 13.0. The van der Waals surface area contributed by atoms with Gasteiger partial charge in [0.15, 0.2) is 5.69 Å². The number of benzene rings is 1. The van der Waals surface area contributed by atoms with E-state index < -0.39 is 0 Å². The SMILES string of the molecule is CC1=C(C)CN(C(=O)c2nnn(-c3cccc4cnccc34)c2C)CC1. The van der Waals surface area contributed by atoms with E-state index >= 15 is 0 Å². The number of aromatic nitrogens is 4. The van der Waals surface area contributed by atoms with Crippen molar-refractivity contribution in [3.05, 3.63) is 59.2 Å². The molecule has 0 saturated heterocycles. The van der Waals surface area contributed by atoms with Gasteiger partial charge in [0.05, 0.1) is 11.4 Å². The number of amides is 1. The van der Waals surface area contributed by atoms with Crippen molar-refractivity contribution in [2.75, 3.05) is 13.1 Å². The molecule has 1 aromatic carbocycles. The molecule has 6 nitrogen and oxygen atoms in total. The minimum atomic E-state index is -0.0532. The van der Waals surface area contributed by atoms with Gasteiger partial charge in [0, 0.05) is 36.3 Å². The van der Waals surface area contributed by atoms with Crippen molar-refractivity contribution in [2.24, 2.45) is 0 Å². The van der Waals surface area contributed by atoms with Gasteiger partial charge in [-0.1, -0.05) is 28.5 Å². The maximum absolute atomic E-state index is 13.0. The van der Waals surface area contributed by atoms with Gasteiger partial charge in [-0.2, -0.15) is 0 Å². The number of pyridine rings is 1. The van der Waals surface area contributed by atoms with E-state index in [1.807, 2.05) is 42.3 Å². The zero-order valence-corrected chi connectivity index (χ0v) is 15.2. The van der Waals surface area contributed by atoms with Crippen LogP contribution in [-0.2, 0) is 0 Å². The highest BCUT2D eigenvalue weighted by molar-refractivity contribution is 5.94. The summed E-state index contributed by atoms with van der Waals surface area (Å²) in [5.74, 6) is -0.0532. The normalized spacial score (nSPS) is 15.0. The number of carbonyl (C=O) groups excluding carboxylic acids is 1. The molecule has 0 aliphatic carbocycles. The molecule has 0 unspecified atom stereocenters. The van der Waals surface area contributed by atoms with Crippen LogP contribution in [0.15, 0.2) is 47.8 Å². The lowest BCUT2D eigenvalue weighted by atomic mass is 10.0. The van der Waals surface area contributed by atoms with Crippen molar-refractivity contribution in [3.8, 4) is 5.69 Å². The number of rotatable bonds is 2. The van der Waals surface area contributed by atoms with Gasteiger partial charge < -0.3 is 4.90 Å². The highest BCUT2D eigenvalue weighted by Gasteiger charge is 2.25. The molecular weight excluding hydrogens is 326 g/mol. The summed E-state index contributed by atoms with van der Waals surface area (Å²) >= 11 is 0. The van der Waals surface area contributed by atoms with Crippen molar-refractivity contribution < 1.29 is 4.79 Å². The fourth-order valence-electron chi connectivity index (χ4n) is 3.39. The van der Waals surface area contributed by atoms with E-state index in [9.17, 15) is 4.79 Å². The molecule has 3 heterocycles. The lowest BCUT2D eigenvalue weighted by Crippen LogP contribution is -2.37. The first-order valence-electron chi connectivity index (χ1n) is 8.76. The average Bonchev–Trinajstić information content (AvgIpc) is 3.04. The minimum absolute atomic E-state index is 0.0532. The topological polar surface area (TPSA) is 63.9 Å². The lowest BCUT2D eigenvalue weighted by Gasteiger charge is -2.28. The highest BCUT2D eigenvalue weighted by Crippen LogP contribution is 2.24. The smallest absolute Gasteiger partial charge is 0.276 e. The van der Waals surface area contributed by atoms with E-state index in [0.717, 1.165) is 35.1 Å². The molecule has 1 aliphatic heterocycles. The van der Waals surface area contributed by atoms with Crippen molar-refractivity contribution >= 4 is 16.7 Å². The number of hydrogen-bond donors (Lipinski definition) is 0. The minimum Gasteiger partial charge on any atom is -0.333 e. The summed E-state index contributed by atoms with van der Waals surface area (Å²) in [6.45, 7) is 7.51. The Hall–Kier alpha value is -3.02. The fourth-order valence-corrected chi connectivity index (χ4v) is 3.39. The van der Waals surface area contributed by atoms with Gasteiger partial charge in [-0.15, -0.1) is 5.10 Å². The lowest BCUT2D eigenvalue weighted by molar-refractivity contribution is 0.0757. The summed E-state index contributed by atoms with van der Waals surface area (Å²) < 4.78 is 1.74. The molecular formula is C20H21N5O. The van der Waals surface area contributed by atoms with Gasteiger partial charge in [-0.05, 0) is 39.3 Å². The van der Waals surface area contributed by atoms with Crippen molar-refractivity contribution in [1.82, 2.24) is 24.9 Å². The van der Waals surface area contributed by atoms with E-state index in [-0.39, 0.29) is 5.91 Å². The molecule has 4 rings (SSSR count). The van der Waals surface area contributed by atoms with E-state index in [1.165, 1.54) is 11.1 Å². The molecule has 1 aliphatic rings. The van der Waals surface area contributed by atoms with Crippen LogP contribution in [0.1, 0.15) is 36.5 Å². The summed E-state index contributed by atoms with van der Waals surface area (Å²) in [7, 11) is 0. The van der Waals surface area contributed by atoms with Crippen LogP contribution in [0.5, 0.6) is 0 Å². The van der Waals surface area contributed by atoms with Gasteiger partial charge in [-0.3, -0.25) is 9.78 Å². The third-order valence-electron chi connectivity index (χ3n) is 5.18. The first kappa shape index (κ1) is 16.4. The summed E-state index contributed by atoms with van der Waals surface area (Å²) in [6.07, 6.45) is 4.50. The van der Waals surface area contributed by atoms with Gasteiger partial charge in [-0.25, -0.2) is 4.68 Å². The van der Waals surface area contributed by atoms with E-state index in [1.54, 1.807) is 10.9 Å². The van der Waals surface area contributed by atoms with Crippen molar-refractivity contribution in [1.29, 1.82) is 0 Å². The van der Waals surface area contributed by atoms with Crippen LogP contribution < -0.4 is 0 Å². The van der Waals surface area contributed by atoms with Crippen LogP contribution in [0.4, 0.5) is 0 Å². The van der Waals surface area contributed by atoms with Crippen molar-refractivity contribution in [2.45, 2.75) is 27.2 Å². The molecule has 0 bridgehead atoms. The molecule has 0 N–H and O–H groups in total. The summed E-state index contributed by atoms with van der Waals surface area (Å²) in [5.41, 5.74) is 4.71. The van der Waals surface area contributed by atoms with E-state index in [4.69, 9.17) is 0 Å². The van der Waals surface area contributed by atoms with Crippen LogP contribution in [0.25, 0.3) is 16.5 Å². The van der Waals surface area contributed by atoms with Gasteiger partial charge in [0.1, 0.15) is 0 Å². The Morgan fingerprint density at radius 3 is 2.77 bits per heavy atom. The van der Waals surface area contributed by atoms with Gasteiger partial charge in [0.25, 0.3) is 5.91 Å². The fraction of sp³-hybridized carbons (Fsp3) is 0.300. The predicted octanol–water partition coefficient (Wildman–Crippen LogP) is 3.31. The molecule has 6 heteroatoms. The first-order chi connectivity index (χ1) is 12.6. The Balaban J connectivity index is 1.72. The second kappa shape index (κ2) is 6.37. The second-order valence-corrected chi connectivity index (χ2v) is 6.85. The molecule has 0 saturated carbocycles. The Morgan fingerprint density at radius 1 is 1.12 bits per heavy atom. The van der Waals surface area contributed by atoms with Crippen LogP contribution in [-0.4, -0.2) is 43.9 Å². The predicted molar refractivity (Wildman–Crippen MR) is 100 cm³/mol. The Bertz CT molecular complexity index is 1030. The highest BCUT2D eigenvalue weighted by atomic mass is 16.2. The zero-order valence-electron chi connectivity index (χ0n) is 15.2. The third-order valence-corrected chi connectivity index (χ3v) is 5.18. The largest absolute Gasteiger partial charge is 0.333 e. The van der Waals surface area contributed by atoms with Crippen LogP contribution in [0, 0.1) is 6.92 Å². The third kappa shape index (κ3) is 2.67. The number of fused-ring (bicyclic) bond motifs is 1.